The van der Waals surface area contributed by atoms with E-state index in [1.54, 1.807) is 24.3 Å². The summed E-state index contributed by atoms with van der Waals surface area (Å²) >= 11 is 0. The first-order chi connectivity index (χ1) is 6.68. The van der Waals surface area contributed by atoms with E-state index in [-0.39, 0.29) is 11.6 Å². The van der Waals surface area contributed by atoms with Crippen molar-refractivity contribution in [3.8, 4) is 0 Å². The molecule has 1 aromatic carbocycles. The zero-order valence-corrected chi connectivity index (χ0v) is 7.69. The van der Waals surface area contributed by atoms with Crippen LogP contribution in [-0.2, 0) is 9.59 Å². The van der Waals surface area contributed by atoms with Crippen LogP contribution in [0.5, 0.6) is 0 Å². The van der Waals surface area contributed by atoms with Crippen LogP contribution >= 0.6 is 0 Å². The van der Waals surface area contributed by atoms with Gasteiger partial charge in [-0.2, -0.15) is 0 Å². The number of nitrogen functional groups attached to an aromatic ring is 1. The van der Waals surface area contributed by atoms with Crippen LogP contribution in [-0.4, -0.2) is 11.6 Å². The average molecular weight is 189 g/mol. The molecular formula is C11H11NO2. The summed E-state index contributed by atoms with van der Waals surface area (Å²) in [4.78, 5) is 22.8. The summed E-state index contributed by atoms with van der Waals surface area (Å²) in [5, 5.41) is 0. The Kier molecular flexibility index (Phi) is 2.08. The van der Waals surface area contributed by atoms with E-state index in [9.17, 15) is 9.59 Å². The van der Waals surface area contributed by atoms with E-state index in [4.69, 9.17) is 5.73 Å². The van der Waals surface area contributed by atoms with E-state index < -0.39 is 5.92 Å². The van der Waals surface area contributed by atoms with Crippen molar-refractivity contribution in [1.82, 2.24) is 0 Å². The second-order valence-electron chi connectivity index (χ2n) is 3.53. The molecule has 0 bridgehead atoms. The summed E-state index contributed by atoms with van der Waals surface area (Å²) in [6, 6.07) is 6.94. The van der Waals surface area contributed by atoms with Crippen molar-refractivity contribution in [3.63, 3.8) is 0 Å². The van der Waals surface area contributed by atoms with Gasteiger partial charge in [-0.1, -0.05) is 12.1 Å². The standard InChI is InChI=1S/C11H11NO2/c12-8-3-1-7(2-4-8)11-9(13)5-6-10(11)14/h1-4,11H,5-6,12H2. The van der Waals surface area contributed by atoms with E-state index in [1.165, 1.54) is 0 Å². The highest BCUT2D eigenvalue weighted by Crippen LogP contribution is 2.28. The van der Waals surface area contributed by atoms with Gasteiger partial charge in [0.2, 0.25) is 0 Å². The summed E-state index contributed by atoms with van der Waals surface area (Å²) in [6.07, 6.45) is 0.766. The van der Waals surface area contributed by atoms with Crippen LogP contribution in [0.15, 0.2) is 24.3 Å². The highest BCUT2D eigenvalue weighted by Gasteiger charge is 2.33. The lowest BCUT2D eigenvalue weighted by atomic mass is 9.96. The number of ketones is 2. The van der Waals surface area contributed by atoms with Gasteiger partial charge in [0.25, 0.3) is 0 Å². The number of rotatable bonds is 1. The largest absolute Gasteiger partial charge is 0.399 e. The van der Waals surface area contributed by atoms with Crippen LogP contribution in [0.25, 0.3) is 0 Å². The molecule has 0 unspecified atom stereocenters. The Morgan fingerprint density at radius 2 is 1.50 bits per heavy atom. The van der Waals surface area contributed by atoms with Crippen molar-refractivity contribution in [2.45, 2.75) is 18.8 Å². The van der Waals surface area contributed by atoms with Crippen molar-refractivity contribution in [2.75, 3.05) is 5.73 Å². The van der Waals surface area contributed by atoms with E-state index in [0.717, 1.165) is 5.56 Å². The van der Waals surface area contributed by atoms with Crippen LogP contribution in [0.3, 0.4) is 0 Å². The summed E-state index contributed by atoms with van der Waals surface area (Å²) in [5.41, 5.74) is 6.94. The Morgan fingerprint density at radius 3 is 2.00 bits per heavy atom. The molecule has 14 heavy (non-hydrogen) atoms. The number of carbonyl (C=O) groups is 2. The summed E-state index contributed by atoms with van der Waals surface area (Å²) in [7, 11) is 0. The van der Waals surface area contributed by atoms with Crippen molar-refractivity contribution >= 4 is 17.3 Å². The van der Waals surface area contributed by atoms with Crippen LogP contribution in [0.1, 0.15) is 24.3 Å². The Bertz CT molecular complexity index is 365. The molecule has 1 aliphatic rings. The predicted octanol–water partition coefficient (Wildman–Crippen LogP) is 1.28. The van der Waals surface area contributed by atoms with Gasteiger partial charge in [-0.25, -0.2) is 0 Å². The monoisotopic (exact) mass is 189 g/mol. The summed E-state index contributed by atoms with van der Waals surface area (Å²) in [5.74, 6) is -0.477. The highest BCUT2D eigenvalue weighted by molar-refractivity contribution is 6.13. The SMILES string of the molecule is Nc1ccc(C2C(=O)CCC2=O)cc1. The molecule has 3 nitrogen and oxygen atoms in total. The number of Topliss-reactive ketones (excluding diaryl/α,β-unsaturated/α-hetero) is 2. The van der Waals surface area contributed by atoms with E-state index >= 15 is 0 Å². The van der Waals surface area contributed by atoms with Crippen molar-refractivity contribution in [3.05, 3.63) is 29.8 Å². The van der Waals surface area contributed by atoms with E-state index in [2.05, 4.69) is 0 Å². The molecule has 0 aliphatic heterocycles. The zero-order valence-electron chi connectivity index (χ0n) is 7.69. The third-order valence-corrected chi connectivity index (χ3v) is 2.53. The second kappa shape index (κ2) is 3.25. The first-order valence-electron chi connectivity index (χ1n) is 4.59. The van der Waals surface area contributed by atoms with Crippen molar-refractivity contribution < 1.29 is 9.59 Å². The first kappa shape index (κ1) is 8.94. The normalized spacial score (nSPS) is 17.7. The molecule has 72 valence electrons. The van der Waals surface area contributed by atoms with Crippen LogP contribution in [0.2, 0.25) is 0 Å². The maximum Gasteiger partial charge on any atom is 0.148 e. The Labute approximate surface area is 81.9 Å². The van der Waals surface area contributed by atoms with Crippen LogP contribution in [0.4, 0.5) is 5.69 Å². The summed E-state index contributed by atoms with van der Waals surface area (Å²) in [6.45, 7) is 0. The minimum Gasteiger partial charge on any atom is -0.399 e. The van der Waals surface area contributed by atoms with Gasteiger partial charge in [-0.05, 0) is 17.7 Å². The molecule has 1 aliphatic carbocycles. The minimum absolute atomic E-state index is 0.0276. The lowest BCUT2D eigenvalue weighted by Gasteiger charge is -2.06. The van der Waals surface area contributed by atoms with Crippen LogP contribution < -0.4 is 5.73 Å². The maximum absolute atomic E-state index is 11.4. The molecule has 0 radical (unpaired) electrons. The molecule has 3 heteroatoms. The molecule has 0 amide bonds. The molecule has 0 heterocycles. The summed E-state index contributed by atoms with van der Waals surface area (Å²) < 4.78 is 0. The van der Waals surface area contributed by atoms with Gasteiger partial charge < -0.3 is 5.73 Å². The molecular weight excluding hydrogens is 178 g/mol. The van der Waals surface area contributed by atoms with Gasteiger partial charge in [0.15, 0.2) is 0 Å². The van der Waals surface area contributed by atoms with Crippen molar-refractivity contribution in [2.24, 2.45) is 0 Å². The highest BCUT2D eigenvalue weighted by atomic mass is 16.2. The topological polar surface area (TPSA) is 60.2 Å². The van der Waals surface area contributed by atoms with Crippen molar-refractivity contribution in [1.29, 1.82) is 0 Å². The average Bonchev–Trinajstić information content (AvgIpc) is 2.49. The number of carbonyl (C=O) groups excluding carboxylic acids is 2. The fourth-order valence-electron chi connectivity index (χ4n) is 1.77. The van der Waals surface area contributed by atoms with Crippen LogP contribution in [0, 0.1) is 0 Å². The number of anilines is 1. The fourth-order valence-corrected chi connectivity index (χ4v) is 1.77. The minimum atomic E-state index is -0.532. The van der Waals surface area contributed by atoms with E-state index in [1.807, 2.05) is 0 Å². The maximum atomic E-state index is 11.4. The smallest absolute Gasteiger partial charge is 0.148 e. The fraction of sp³-hybridized carbons (Fsp3) is 0.273. The van der Waals surface area contributed by atoms with Gasteiger partial charge in [-0.3, -0.25) is 9.59 Å². The molecule has 1 aromatic rings. The predicted molar refractivity (Wildman–Crippen MR) is 52.8 cm³/mol. The van der Waals surface area contributed by atoms with Gasteiger partial charge in [0.1, 0.15) is 17.5 Å². The Balaban J connectivity index is 2.34. The lowest BCUT2D eigenvalue weighted by Crippen LogP contribution is -2.11. The molecule has 1 saturated carbocycles. The Morgan fingerprint density at radius 1 is 1.00 bits per heavy atom. The molecule has 0 atom stereocenters. The van der Waals surface area contributed by atoms with E-state index in [0.29, 0.717) is 18.5 Å². The van der Waals surface area contributed by atoms with Gasteiger partial charge >= 0.3 is 0 Å². The Hall–Kier alpha value is -1.64. The molecule has 2 rings (SSSR count). The third kappa shape index (κ3) is 1.41. The zero-order chi connectivity index (χ0) is 10.1. The van der Waals surface area contributed by atoms with Gasteiger partial charge in [0.05, 0.1) is 0 Å². The number of hydrogen-bond donors (Lipinski definition) is 1. The lowest BCUT2D eigenvalue weighted by molar-refractivity contribution is -0.123. The molecule has 2 N–H and O–H groups in total. The second-order valence-corrected chi connectivity index (χ2v) is 3.53. The molecule has 0 saturated heterocycles. The number of nitrogens with two attached hydrogens (primary N) is 1. The first-order valence-corrected chi connectivity index (χ1v) is 4.59. The molecule has 0 aromatic heterocycles. The number of hydrogen-bond acceptors (Lipinski definition) is 3. The van der Waals surface area contributed by atoms with Gasteiger partial charge in [-0.15, -0.1) is 0 Å². The molecule has 1 fully saturated rings. The molecule has 0 spiro atoms. The van der Waals surface area contributed by atoms with Gasteiger partial charge in [0, 0.05) is 18.5 Å². The third-order valence-electron chi connectivity index (χ3n) is 2.53. The quantitative estimate of drug-likeness (QED) is 0.534. The number of benzene rings is 1.